The first-order valence-electron chi connectivity index (χ1n) is 8.29. The van der Waals surface area contributed by atoms with Gasteiger partial charge in [0.25, 0.3) is 0 Å². The van der Waals surface area contributed by atoms with E-state index in [1.54, 1.807) is 0 Å². The standard InChI is InChI=1S/C19H18BrN3O2/c20-17-4-2-1-3-15(17)13-18-21-19(22-25-18)14-5-7-16(8-6-14)23-9-11-24-12-10-23/h1-8H,9-13H2. The highest BCUT2D eigenvalue weighted by Crippen LogP contribution is 2.23. The fourth-order valence-corrected chi connectivity index (χ4v) is 3.32. The van der Waals surface area contributed by atoms with Crippen molar-refractivity contribution in [1.29, 1.82) is 0 Å². The molecular weight excluding hydrogens is 382 g/mol. The van der Waals surface area contributed by atoms with Crippen LogP contribution in [0.5, 0.6) is 0 Å². The van der Waals surface area contributed by atoms with E-state index in [9.17, 15) is 0 Å². The van der Waals surface area contributed by atoms with Crippen LogP contribution in [0, 0.1) is 0 Å². The summed E-state index contributed by atoms with van der Waals surface area (Å²) >= 11 is 3.55. The Labute approximate surface area is 154 Å². The highest BCUT2D eigenvalue weighted by Gasteiger charge is 2.13. The molecule has 3 aromatic rings. The van der Waals surface area contributed by atoms with Crippen LogP contribution in [0.25, 0.3) is 11.4 Å². The fraction of sp³-hybridized carbons (Fsp3) is 0.263. The molecule has 0 amide bonds. The minimum Gasteiger partial charge on any atom is -0.378 e. The van der Waals surface area contributed by atoms with Gasteiger partial charge >= 0.3 is 0 Å². The summed E-state index contributed by atoms with van der Waals surface area (Å²) in [6, 6.07) is 16.3. The maximum absolute atomic E-state index is 5.42. The van der Waals surface area contributed by atoms with Gasteiger partial charge in [0.1, 0.15) is 0 Å². The zero-order valence-electron chi connectivity index (χ0n) is 13.7. The largest absolute Gasteiger partial charge is 0.378 e. The van der Waals surface area contributed by atoms with Crippen LogP contribution in [0.15, 0.2) is 57.5 Å². The molecule has 2 aromatic carbocycles. The highest BCUT2D eigenvalue weighted by atomic mass is 79.9. The van der Waals surface area contributed by atoms with Gasteiger partial charge in [-0.15, -0.1) is 0 Å². The Morgan fingerprint density at radius 1 is 1.00 bits per heavy atom. The molecule has 0 radical (unpaired) electrons. The van der Waals surface area contributed by atoms with Gasteiger partial charge in [0.15, 0.2) is 0 Å². The molecule has 0 spiro atoms. The number of ether oxygens (including phenoxy) is 1. The summed E-state index contributed by atoms with van der Waals surface area (Å²) in [5, 5.41) is 4.12. The zero-order valence-corrected chi connectivity index (χ0v) is 15.3. The Bertz CT molecular complexity index is 842. The van der Waals surface area contributed by atoms with Crippen molar-refractivity contribution < 1.29 is 9.26 Å². The first-order valence-corrected chi connectivity index (χ1v) is 9.08. The number of rotatable bonds is 4. The Morgan fingerprint density at radius 3 is 2.52 bits per heavy atom. The van der Waals surface area contributed by atoms with Crippen molar-refractivity contribution in [3.63, 3.8) is 0 Å². The van der Waals surface area contributed by atoms with Crippen LogP contribution >= 0.6 is 15.9 Å². The van der Waals surface area contributed by atoms with Gasteiger partial charge in [-0.2, -0.15) is 4.98 Å². The van der Waals surface area contributed by atoms with Crippen molar-refractivity contribution in [2.24, 2.45) is 0 Å². The molecule has 2 heterocycles. The van der Waals surface area contributed by atoms with Crippen molar-refractivity contribution >= 4 is 21.6 Å². The smallest absolute Gasteiger partial charge is 0.231 e. The van der Waals surface area contributed by atoms with Crippen molar-refractivity contribution in [2.45, 2.75) is 6.42 Å². The summed E-state index contributed by atoms with van der Waals surface area (Å²) in [4.78, 5) is 6.85. The van der Waals surface area contributed by atoms with Crippen molar-refractivity contribution in [3.8, 4) is 11.4 Å². The maximum Gasteiger partial charge on any atom is 0.231 e. The summed E-state index contributed by atoms with van der Waals surface area (Å²) < 4.78 is 11.9. The van der Waals surface area contributed by atoms with Crippen LogP contribution in [-0.2, 0) is 11.2 Å². The van der Waals surface area contributed by atoms with Gasteiger partial charge in [0.2, 0.25) is 11.7 Å². The fourth-order valence-electron chi connectivity index (χ4n) is 2.89. The van der Waals surface area contributed by atoms with Gasteiger partial charge in [0, 0.05) is 28.8 Å². The van der Waals surface area contributed by atoms with Crippen LogP contribution in [-0.4, -0.2) is 36.4 Å². The molecule has 5 nitrogen and oxygen atoms in total. The number of aromatic nitrogens is 2. The number of halogens is 1. The first-order chi connectivity index (χ1) is 12.3. The van der Waals surface area contributed by atoms with Gasteiger partial charge in [-0.1, -0.05) is 39.3 Å². The molecule has 1 aromatic heterocycles. The molecule has 0 N–H and O–H groups in total. The van der Waals surface area contributed by atoms with Crippen LogP contribution in [0.3, 0.4) is 0 Å². The molecule has 6 heteroatoms. The molecule has 0 atom stereocenters. The maximum atomic E-state index is 5.42. The molecular formula is C19H18BrN3O2. The molecule has 0 aliphatic carbocycles. The lowest BCUT2D eigenvalue weighted by molar-refractivity contribution is 0.122. The summed E-state index contributed by atoms with van der Waals surface area (Å²) in [7, 11) is 0. The first kappa shape index (κ1) is 16.3. The van der Waals surface area contributed by atoms with Gasteiger partial charge in [-0.25, -0.2) is 0 Å². The van der Waals surface area contributed by atoms with E-state index in [0.29, 0.717) is 18.1 Å². The molecule has 0 bridgehead atoms. The Balaban J connectivity index is 1.49. The average molecular weight is 400 g/mol. The second kappa shape index (κ2) is 7.37. The summed E-state index contributed by atoms with van der Waals surface area (Å²) in [5.41, 5.74) is 3.28. The van der Waals surface area contributed by atoms with Crippen LogP contribution in [0.4, 0.5) is 5.69 Å². The Kier molecular flexibility index (Phi) is 4.81. The van der Waals surface area contributed by atoms with E-state index in [-0.39, 0.29) is 0 Å². The molecule has 1 saturated heterocycles. The summed E-state index contributed by atoms with van der Waals surface area (Å²) in [5.74, 6) is 1.23. The summed E-state index contributed by atoms with van der Waals surface area (Å²) in [6.45, 7) is 3.42. The lowest BCUT2D eigenvalue weighted by atomic mass is 10.1. The average Bonchev–Trinajstić information content (AvgIpc) is 3.13. The predicted octanol–water partition coefficient (Wildman–Crippen LogP) is 3.93. The van der Waals surface area contributed by atoms with E-state index >= 15 is 0 Å². The third kappa shape index (κ3) is 3.75. The van der Waals surface area contributed by atoms with E-state index in [1.165, 1.54) is 5.69 Å². The van der Waals surface area contributed by atoms with Crippen molar-refractivity contribution in [1.82, 2.24) is 10.1 Å². The van der Waals surface area contributed by atoms with E-state index in [4.69, 9.17) is 9.26 Å². The third-order valence-corrected chi connectivity index (χ3v) is 5.04. The Hall–Kier alpha value is -2.18. The van der Waals surface area contributed by atoms with Crippen LogP contribution in [0.2, 0.25) is 0 Å². The number of benzene rings is 2. The molecule has 0 unspecified atom stereocenters. The number of hydrogen-bond acceptors (Lipinski definition) is 5. The number of hydrogen-bond donors (Lipinski definition) is 0. The third-order valence-electron chi connectivity index (χ3n) is 4.27. The van der Waals surface area contributed by atoms with Gasteiger partial charge in [-0.3, -0.25) is 0 Å². The molecule has 0 saturated carbocycles. The van der Waals surface area contributed by atoms with Gasteiger partial charge in [-0.05, 0) is 35.9 Å². The highest BCUT2D eigenvalue weighted by molar-refractivity contribution is 9.10. The molecule has 4 rings (SSSR count). The minimum atomic E-state index is 0.610. The van der Waals surface area contributed by atoms with Crippen molar-refractivity contribution in [3.05, 3.63) is 64.5 Å². The second-order valence-electron chi connectivity index (χ2n) is 5.93. The number of nitrogens with zero attached hydrogens (tertiary/aromatic N) is 3. The molecule has 1 fully saturated rings. The molecule has 1 aliphatic heterocycles. The summed E-state index contributed by atoms with van der Waals surface area (Å²) in [6.07, 6.45) is 0.611. The van der Waals surface area contributed by atoms with Gasteiger partial charge < -0.3 is 14.2 Å². The lowest BCUT2D eigenvalue weighted by Crippen LogP contribution is -2.36. The van der Waals surface area contributed by atoms with Crippen LogP contribution < -0.4 is 4.90 Å². The quantitative estimate of drug-likeness (QED) is 0.665. The second-order valence-corrected chi connectivity index (χ2v) is 6.78. The minimum absolute atomic E-state index is 0.610. The van der Waals surface area contributed by atoms with Crippen molar-refractivity contribution in [2.75, 3.05) is 31.2 Å². The predicted molar refractivity (Wildman–Crippen MR) is 99.7 cm³/mol. The topological polar surface area (TPSA) is 51.4 Å². The SMILES string of the molecule is Brc1ccccc1Cc1nc(-c2ccc(N3CCOCC3)cc2)no1. The zero-order chi connectivity index (χ0) is 17.1. The Morgan fingerprint density at radius 2 is 1.76 bits per heavy atom. The van der Waals surface area contributed by atoms with Crippen LogP contribution in [0.1, 0.15) is 11.5 Å². The molecule has 128 valence electrons. The number of morpholine rings is 1. The van der Waals surface area contributed by atoms with E-state index < -0.39 is 0 Å². The normalized spacial score (nSPS) is 14.7. The monoisotopic (exact) mass is 399 g/mol. The number of anilines is 1. The molecule has 25 heavy (non-hydrogen) atoms. The molecule has 1 aliphatic rings. The lowest BCUT2D eigenvalue weighted by Gasteiger charge is -2.28. The van der Waals surface area contributed by atoms with E-state index in [0.717, 1.165) is 41.9 Å². The van der Waals surface area contributed by atoms with E-state index in [1.807, 2.05) is 36.4 Å². The van der Waals surface area contributed by atoms with Gasteiger partial charge in [0.05, 0.1) is 19.6 Å². The van der Waals surface area contributed by atoms with E-state index in [2.05, 4.69) is 43.1 Å².